The Balaban J connectivity index is 0.00000338. The molecule has 2 aromatic rings. The molecular weight excluding hydrogens is 459 g/mol. The van der Waals surface area contributed by atoms with Crippen molar-refractivity contribution in [1.82, 2.24) is 15.6 Å². The van der Waals surface area contributed by atoms with Crippen LogP contribution in [0.3, 0.4) is 0 Å². The lowest BCUT2D eigenvalue weighted by atomic mass is 9.93. The van der Waals surface area contributed by atoms with Crippen LogP contribution in [0.15, 0.2) is 34.6 Å². The van der Waals surface area contributed by atoms with E-state index in [1.54, 1.807) is 25.5 Å². The summed E-state index contributed by atoms with van der Waals surface area (Å²) in [4.78, 5) is 8.99. The molecule has 1 aromatic heterocycles. The molecule has 0 amide bonds. The van der Waals surface area contributed by atoms with E-state index in [0.29, 0.717) is 6.54 Å². The van der Waals surface area contributed by atoms with E-state index in [1.807, 2.05) is 24.3 Å². The highest BCUT2D eigenvalue weighted by atomic mass is 127. The van der Waals surface area contributed by atoms with Crippen molar-refractivity contribution in [2.45, 2.75) is 39.2 Å². The largest absolute Gasteiger partial charge is 0.496 e. The summed E-state index contributed by atoms with van der Waals surface area (Å²) in [6.45, 7) is 8.02. The smallest absolute Gasteiger partial charge is 0.191 e. The molecule has 26 heavy (non-hydrogen) atoms. The van der Waals surface area contributed by atoms with Crippen molar-refractivity contribution in [3.63, 3.8) is 0 Å². The van der Waals surface area contributed by atoms with E-state index in [1.165, 1.54) is 0 Å². The number of ether oxygens (including phenoxy) is 1. The van der Waals surface area contributed by atoms with Crippen LogP contribution in [0.25, 0.3) is 0 Å². The van der Waals surface area contributed by atoms with Gasteiger partial charge in [-0.05, 0) is 6.07 Å². The second kappa shape index (κ2) is 10.7. The molecule has 0 aliphatic heterocycles. The maximum absolute atomic E-state index is 5.37. The van der Waals surface area contributed by atoms with Crippen molar-refractivity contribution in [2.24, 2.45) is 4.99 Å². The number of thiazole rings is 1. The molecule has 0 fully saturated rings. The molecule has 2 N–H and O–H groups in total. The molecule has 0 saturated carbocycles. The van der Waals surface area contributed by atoms with Gasteiger partial charge in [0.2, 0.25) is 0 Å². The molecule has 144 valence electrons. The van der Waals surface area contributed by atoms with Gasteiger partial charge in [-0.2, -0.15) is 0 Å². The van der Waals surface area contributed by atoms with E-state index < -0.39 is 0 Å². The Hall–Kier alpha value is -1.35. The van der Waals surface area contributed by atoms with Crippen LogP contribution in [0, 0.1) is 0 Å². The van der Waals surface area contributed by atoms with Crippen molar-refractivity contribution in [3.8, 4) is 5.75 Å². The van der Waals surface area contributed by atoms with Crippen molar-refractivity contribution >= 4 is 41.3 Å². The Morgan fingerprint density at radius 3 is 2.58 bits per heavy atom. The molecule has 0 bridgehead atoms. The number of methoxy groups -OCH3 is 1. The number of aromatic nitrogens is 1. The summed E-state index contributed by atoms with van der Waals surface area (Å²) in [6.07, 6.45) is 0.885. The summed E-state index contributed by atoms with van der Waals surface area (Å²) in [6, 6.07) is 7.98. The fourth-order valence-electron chi connectivity index (χ4n) is 2.31. The standard InChI is InChI=1S/C19H28N4OS.HI/c1-19(2,3)16-13-25-17(23-16)10-11-21-18(20-4)22-12-14-8-6-7-9-15(14)24-5;/h6-9,13H,10-12H2,1-5H3,(H2,20,21,22);1H. The number of hydrogen-bond acceptors (Lipinski definition) is 4. The lowest BCUT2D eigenvalue weighted by Gasteiger charge is -2.14. The van der Waals surface area contributed by atoms with E-state index in [-0.39, 0.29) is 29.4 Å². The Morgan fingerprint density at radius 2 is 1.96 bits per heavy atom. The number of nitrogens with zero attached hydrogens (tertiary/aromatic N) is 2. The summed E-state index contributed by atoms with van der Waals surface area (Å²) >= 11 is 1.72. The molecule has 0 aliphatic carbocycles. The van der Waals surface area contributed by atoms with Gasteiger partial charge in [0.05, 0.1) is 17.8 Å². The van der Waals surface area contributed by atoms with Crippen LogP contribution in [0.5, 0.6) is 5.75 Å². The van der Waals surface area contributed by atoms with Crippen LogP contribution in [0.1, 0.15) is 37.0 Å². The third kappa shape index (κ3) is 6.75. The summed E-state index contributed by atoms with van der Waals surface area (Å²) in [5.41, 5.74) is 2.36. The minimum atomic E-state index is 0. The van der Waals surface area contributed by atoms with Gasteiger partial charge >= 0.3 is 0 Å². The molecule has 0 atom stereocenters. The zero-order chi connectivity index (χ0) is 18.3. The zero-order valence-corrected chi connectivity index (χ0v) is 19.3. The minimum Gasteiger partial charge on any atom is -0.496 e. The van der Waals surface area contributed by atoms with Gasteiger partial charge in [0.15, 0.2) is 5.96 Å². The average Bonchev–Trinajstić information content (AvgIpc) is 3.07. The minimum absolute atomic E-state index is 0. The molecule has 1 aromatic carbocycles. The van der Waals surface area contributed by atoms with Crippen molar-refractivity contribution in [3.05, 3.63) is 45.9 Å². The monoisotopic (exact) mass is 488 g/mol. The lowest BCUT2D eigenvalue weighted by Crippen LogP contribution is -2.37. The Bertz CT molecular complexity index is 710. The van der Waals surface area contributed by atoms with Gasteiger partial charge < -0.3 is 15.4 Å². The number of halogens is 1. The van der Waals surface area contributed by atoms with E-state index in [2.05, 4.69) is 41.8 Å². The topological polar surface area (TPSA) is 58.5 Å². The molecule has 0 spiro atoms. The Labute approximate surface area is 177 Å². The number of para-hydroxylation sites is 1. The van der Waals surface area contributed by atoms with Crippen molar-refractivity contribution < 1.29 is 4.74 Å². The average molecular weight is 488 g/mol. The molecule has 0 aliphatic rings. The number of rotatable bonds is 6. The molecule has 0 saturated heterocycles. The van der Waals surface area contributed by atoms with Crippen LogP contribution in [-0.4, -0.2) is 31.6 Å². The van der Waals surface area contributed by atoms with Crippen LogP contribution in [0.4, 0.5) is 0 Å². The first-order valence-corrected chi connectivity index (χ1v) is 9.33. The molecule has 5 nitrogen and oxygen atoms in total. The van der Waals surface area contributed by atoms with E-state index in [0.717, 1.165) is 40.9 Å². The number of hydrogen-bond donors (Lipinski definition) is 2. The first-order chi connectivity index (χ1) is 11.9. The molecule has 1 heterocycles. The highest BCUT2D eigenvalue weighted by Gasteiger charge is 2.17. The summed E-state index contributed by atoms with van der Waals surface area (Å²) < 4.78 is 5.37. The second-order valence-electron chi connectivity index (χ2n) is 6.79. The van der Waals surface area contributed by atoms with Crippen LogP contribution >= 0.6 is 35.3 Å². The van der Waals surface area contributed by atoms with Crippen molar-refractivity contribution in [1.29, 1.82) is 0 Å². The highest BCUT2D eigenvalue weighted by molar-refractivity contribution is 14.0. The number of benzene rings is 1. The summed E-state index contributed by atoms with van der Waals surface area (Å²) in [5.74, 6) is 1.65. The second-order valence-corrected chi connectivity index (χ2v) is 7.73. The summed E-state index contributed by atoms with van der Waals surface area (Å²) in [5, 5.41) is 9.96. The predicted molar refractivity (Wildman–Crippen MR) is 121 cm³/mol. The van der Waals surface area contributed by atoms with Gasteiger partial charge in [-0.15, -0.1) is 35.3 Å². The van der Waals surface area contributed by atoms with Crippen molar-refractivity contribution in [2.75, 3.05) is 20.7 Å². The fourth-order valence-corrected chi connectivity index (χ4v) is 3.33. The number of nitrogens with one attached hydrogen (secondary N) is 2. The first kappa shape index (κ1) is 22.7. The normalized spacial score (nSPS) is 11.7. The fraction of sp³-hybridized carbons (Fsp3) is 0.474. The van der Waals surface area contributed by atoms with Gasteiger partial charge in [-0.25, -0.2) is 4.98 Å². The zero-order valence-electron chi connectivity index (χ0n) is 16.1. The van der Waals surface area contributed by atoms with E-state index in [9.17, 15) is 0 Å². The van der Waals surface area contributed by atoms with Crippen LogP contribution in [0.2, 0.25) is 0 Å². The lowest BCUT2D eigenvalue weighted by molar-refractivity contribution is 0.409. The first-order valence-electron chi connectivity index (χ1n) is 8.45. The van der Waals surface area contributed by atoms with Gasteiger partial charge in [0, 0.05) is 42.9 Å². The SMILES string of the molecule is CN=C(NCCc1nc(C(C)(C)C)cs1)NCc1ccccc1OC.I. The quantitative estimate of drug-likeness (QED) is 0.367. The van der Waals surface area contributed by atoms with Crippen LogP contribution in [-0.2, 0) is 18.4 Å². The maximum Gasteiger partial charge on any atom is 0.191 e. The molecule has 7 heteroatoms. The Kier molecular flexibility index (Phi) is 9.35. The third-order valence-electron chi connectivity index (χ3n) is 3.81. The number of aliphatic imine (C=N–C) groups is 1. The molecule has 0 unspecified atom stereocenters. The van der Waals surface area contributed by atoms with Gasteiger partial charge in [0.25, 0.3) is 0 Å². The number of guanidine groups is 1. The van der Waals surface area contributed by atoms with E-state index in [4.69, 9.17) is 9.72 Å². The Morgan fingerprint density at radius 1 is 1.23 bits per heavy atom. The molecular formula is C19H29IN4OS. The van der Waals surface area contributed by atoms with Gasteiger partial charge in [0.1, 0.15) is 5.75 Å². The molecule has 0 radical (unpaired) electrons. The third-order valence-corrected chi connectivity index (χ3v) is 4.72. The van der Waals surface area contributed by atoms with E-state index >= 15 is 0 Å². The van der Waals surface area contributed by atoms with Gasteiger partial charge in [-0.3, -0.25) is 4.99 Å². The maximum atomic E-state index is 5.37. The highest BCUT2D eigenvalue weighted by Crippen LogP contribution is 2.23. The summed E-state index contributed by atoms with van der Waals surface area (Å²) in [7, 11) is 3.46. The van der Waals surface area contributed by atoms with Crippen LogP contribution < -0.4 is 15.4 Å². The molecule has 2 rings (SSSR count). The predicted octanol–water partition coefficient (Wildman–Crippen LogP) is 3.97. The van der Waals surface area contributed by atoms with Gasteiger partial charge in [-0.1, -0.05) is 39.0 Å².